The molecule has 0 amide bonds. The zero-order chi connectivity index (χ0) is 10.8. The van der Waals surface area contributed by atoms with E-state index in [1.54, 1.807) is 12.5 Å². The van der Waals surface area contributed by atoms with E-state index in [1.807, 2.05) is 11.8 Å². The zero-order valence-electron chi connectivity index (χ0n) is 8.85. The molecule has 2 heterocycles. The lowest BCUT2D eigenvalue weighted by Gasteiger charge is -2.35. The third kappa shape index (κ3) is 2.64. The van der Waals surface area contributed by atoms with E-state index in [4.69, 9.17) is 0 Å². The molecule has 0 N–H and O–H groups in total. The lowest BCUT2D eigenvalue weighted by Crippen LogP contribution is -2.41. The number of hydrogen-bond acceptors (Lipinski definition) is 4. The minimum Gasteiger partial charge on any atom is -0.353 e. The molecule has 1 aliphatic heterocycles. The number of hydrogen-bond donors (Lipinski definition) is 0. The molecule has 2 rings (SSSR count). The minimum atomic E-state index is 0.663. The Morgan fingerprint density at radius 2 is 2.07 bits per heavy atom. The minimum absolute atomic E-state index is 0.663. The van der Waals surface area contributed by atoms with Crippen molar-refractivity contribution in [2.45, 2.75) is 24.3 Å². The Bertz CT molecular complexity index is 337. The van der Waals surface area contributed by atoms with Gasteiger partial charge in [0, 0.05) is 29.8 Å². The van der Waals surface area contributed by atoms with Crippen LogP contribution in [0.1, 0.15) is 13.8 Å². The highest BCUT2D eigenvalue weighted by atomic mass is 79.9. The molecule has 0 aromatic carbocycles. The highest BCUT2D eigenvalue weighted by molar-refractivity contribution is 9.10. The van der Waals surface area contributed by atoms with Gasteiger partial charge in [-0.25, -0.2) is 9.97 Å². The molecule has 1 fully saturated rings. The quantitative estimate of drug-likeness (QED) is 0.794. The van der Waals surface area contributed by atoms with E-state index < -0.39 is 0 Å². The van der Waals surface area contributed by atoms with Crippen molar-refractivity contribution < 1.29 is 0 Å². The molecule has 0 bridgehead atoms. The summed E-state index contributed by atoms with van der Waals surface area (Å²) in [6.07, 6.45) is 3.41. The van der Waals surface area contributed by atoms with Gasteiger partial charge < -0.3 is 4.90 Å². The van der Waals surface area contributed by atoms with Gasteiger partial charge in [0.2, 0.25) is 0 Å². The van der Waals surface area contributed by atoms with Gasteiger partial charge in [0.15, 0.2) is 0 Å². The summed E-state index contributed by atoms with van der Waals surface area (Å²) in [5.74, 6) is 1.02. The van der Waals surface area contributed by atoms with Gasteiger partial charge in [0.05, 0.1) is 4.47 Å². The van der Waals surface area contributed by atoms with Crippen molar-refractivity contribution in [1.82, 2.24) is 9.97 Å². The van der Waals surface area contributed by atoms with E-state index in [1.165, 1.54) is 0 Å². The van der Waals surface area contributed by atoms with Gasteiger partial charge in [-0.15, -0.1) is 0 Å². The molecule has 0 aliphatic carbocycles. The fourth-order valence-corrected chi connectivity index (χ4v) is 3.69. The standard InChI is InChI=1S/C10H14BrN3S/c1-7-4-14(5-8(2)15-7)10-9(11)3-12-6-13-10/h3,6-8H,4-5H2,1-2H3. The van der Waals surface area contributed by atoms with Crippen molar-refractivity contribution in [3.8, 4) is 0 Å². The van der Waals surface area contributed by atoms with E-state index >= 15 is 0 Å². The fraction of sp³-hybridized carbons (Fsp3) is 0.600. The molecular weight excluding hydrogens is 274 g/mol. The molecule has 82 valence electrons. The van der Waals surface area contributed by atoms with Crippen LogP contribution in [0.3, 0.4) is 0 Å². The molecule has 2 atom stereocenters. The molecule has 0 saturated carbocycles. The second-order valence-electron chi connectivity index (χ2n) is 3.86. The lowest BCUT2D eigenvalue weighted by atomic mass is 10.3. The van der Waals surface area contributed by atoms with Gasteiger partial charge in [0.25, 0.3) is 0 Å². The molecule has 5 heteroatoms. The van der Waals surface area contributed by atoms with Gasteiger partial charge in [-0.2, -0.15) is 11.8 Å². The van der Waals surface area contributed by atoms with Crippen LogP contribution >= 0.6 is 27.7 Å². The average molecular weight is 288 g/mol. The third-order valence-electron chi connectivity index (χ3n) is 2.37. The Labute approximate surface area is 103 Å². The second-order valence-corrected chi connectivity index (χ2v) is 6.59. The molecule has 1 aromatic rings. The Hall–Kier alpha value is -0.290. The van der Waals surface area contributed by atoms with E-state index in [2.05, 4.69) is 44.6 Å². The maximum absolute atomic E-state index is 4.33. The van der Waals surface area contributed by atoms with Crippen LogP contribution in [0.4, 0.5) is 5.82 Å². The van der Waals surface area contributed by atoms with E-state index in [0.29, 0.717) is 10.5 Å². The second kappa shape index (κ2) is 4.70. The van der Waals surface area contributed by atoms with Gasteiger partial charge in [-0.1, -0.05) is 13.8 Å². The lowest BCUT2D eigenvalue weighted by molar-refractivity contribution is 0.715. The van der Waals surface area contributed by atoms with Crippen LogP contribution in [-0.4, -0.2) is 33.6 Å². The summed E-state index contributed by atoms with van der Waals surface area (Å²) >= 11 is 5.54. The van der Waals surface area contributed by atoms with E-state index in [0.717, 1.165) is 23.4 Å². The Morgan fingerprint density at radius 1 is 1.40 bits per heavy atom. The smallest absolute Gasteiger partial charge is 0.146 e. The van der Waals surface area contributed by atoms with Crippen LogP contribution in [0.2, 0.25) is 0 Å². The number of thioether (sulfide) groups is 1. The van der Waals surface area contributed by atoms with Crippen molar-refractivity contribution in [3.05, 3.63) is 17.0 Å². The summed E-state index contributed by atoms with van der Waals surface area (Å²) < 4.78 is 0.983. The Morgan fingerprint density at radius 3 is 2.67 bits per heavy atom. The molecule has 0 spiro atoms. The van der Waals surface area contributed by atoms with Crippen LogP contribution in [0.5, 0.6) is 0 Å². The third-order valence-corrected chi connectivity index (χ3v) is 4.15. The SMILES string of the molecule is CC1CN(c2ncncc2Br)CC(C)S1. The van der Waals surface area contributed by atoms with Crippen molar-refractivity contribution in [1.29, 1.82) is 0 Å². The zero-order valence-corrected chi connectivity index (χ0v) is 11.3. The van der Waals surface area contributed by atoms with E-state index in [-0.39, 0.29) is 0 Å². The fourth-order valence-electron chi connectivity index (χ4n) is 1.89. The van der Waals surface area contributed by atoms with Gasteiger partial charge in [0.1, 0.15) is 12.1 Å². The number of rotatable bonds is 1. The average Bonchev–Trinajstić information content (AvgIpc) is 2.16. The predicted molar refractivity (Wildman–Crippen MR) is 68.5 cm³/mol. The maximum atomic E-state index is 4.33. The molecule has 1 aromatic heterocycles. The number of nitrogens with zero attached hydrogens (tertiary/aromatic N) is 3. The highest BCUT2D eigenvalue weighted by Crippen LogP contribution is 2.30. The first-order valence-electron chi connectivity index (χ1n) is 5.02. The number of halogens is 1. The summed E-state index contributed by atoms with van der Waals surface area (Å²) in [6.45, 7) is 6.65. The summed E-state index contributed by atoms with van der Waals surface area (Å²) in [4.78, 5) is 10.6. The Balaban J connectivity index is 2.20. The topological polar surface area (TPSA) is 29.0 Å². The molecule has 0 radical (unpaired) electrons. The molecule has 1 saturated heterocycles. The molecule has 2 unspecified atom stereocenters. The van der Waals surface area contributed by atoms with Crippen molar-refractivity contribution in [2.75, 3.05) is 18.0 Å². The molecule has 15 heavy (non-hydrogen) atoms. The van der Waals surface area contributed by atoms with E-state index in [9.17, 15) is 0 Å². The van der Waals surface area contributed by atoms with Crippen LogP contribution in [-0.2, 0) is 0 Å². The summed E-state index contributed by atoms with van der Waals surface area (Å²) in [7, 11) is 0. The summed E-state index contributed by atoms with van der Waals surface area (Å²) in [6, 6.07) is 0. The van der Waals surface area contributed by atoms with Gasteiger partial charge in [-0.05, 0) is 15.9 Å². The maximum Gasteiger partial charge on any atom is 0.146 e. The van der Waals surface area contributed by atoms with Gasteiger partial charge >= 0.3 is 0 Å². The van der Waals surface area contributed by atoms with Crippen molar-refractivity contribution >= 4 is 33.5 Å². The Kier molecular flexibility index (Phi) is 3.51. The van der Waals surface area contributed by atoms with Crippen molar-refractivity contribution in [3.63, 3.8) is 0 Å². The molecule has 3 nitrogen and oxygen atoms in total. The first-order chi connectivity index (χ1) is 7.16. The number of aromatic nitrogens is 2. The largest absolute Gasteiger partial charge is 0.353 e. The van der Waals surface area contributed by atoms with Crippen LogP contribution < -0.4 is 4.90 Å². The number of anilines is 1. The summed E-state index contributed by atoms with van der Waals surface area (Å²) in [5.41, 5.74) is 0. The first kappa shape index (κ1) is 11.2. The molecular formula is C10H14BrN3S. The van der Waals surface area contributed by atoms with Crippen LogP contribution in [0.25, 0.3) is 0 Å². The monoisotopic (exact) mass is 287 g/mol. The van der Waals surface area contributed by atoms with Crippen molar-refractivity contribution in [2.24, 2.45) is 0 Å². The first-order valence-corrected chi connectivity index (χ1v) is 6.76. The van der Waals surface area contributed by atoms with Crippen LogP contribution in [0, 0.1) is 0 Å². The predicted octanol–water partition coefficient (Wildman–Crippen LogP) is 2.57. The molecule has 1 aliphatic rings. The van der Waals surface area contributed by atoms with Gasteiger partial charge in [-0.3, -0.25) is 0 Å². The van der Waals surface area contributed by atoms with Crippen LogP contribution in [0.15, 0.2) is 17.0 Å². The highest BCUT2D eigenvalue weighted by Gasteiger charge is 2.24. The summed E-state index contributed by atoms with van der Waals surface area (Å²) in [5, 5.41) is 1.33. The normalized spacial score (nSPS) is 26.7.